The van der Waals surface area contributed by atoms with Gasteiger partial charge in [0.15, 0.2) is 11.5 Å². The third-order valence-corrected chi connectivity index (χ3v) is 4.97. The van der Waals surface area contributed by atoms with Crippen LogP contribution in [0.5, 0.6) is 11.5 Å². The minimum absolute atomic E-state index is 0.186. The number of benzene rings is 2. The normalized spacial score (nSPS) is 16.6. The fourth-order valence-electron chi connectivity index (χ4n) is 3.60. The Morgan fingerprint density at radius 3 is 2.56 bits per heavy atom. The molecule has 1 aliphatic carbocycles. The van der Waals surface area contributed by atoms with Crippen molar-refractivity contribution in [2.75, 3.05) is 5.32 Å². The van der Waals surface area contributed by atoms with Gasteiger partial charge in [-0.25, -0.2) is 9.67 Å². The van der Waals surface area contributed by atoms with E-state index in [0.29, 0.717) is 17.0 Å². The van der Waals surface area contributed by atoms with Crippen LogP contribution in [-0.4, -0.2) is 26.5 Å². The first-order valence-electron chi connectivity index (χ1n) is 8.99. The zero-order valence-electron chi connectivity index (χ0n) is 14.6. The second-order valence-corrected chi connectivity index (χ2v) is 6.82. The van der Waals surface area contributed by atoms with Crippen LogP contribution in [0.3, 0.4) is 0 Å². The van der Waals surface area contributed by atoms with E-state index in [-0.39, 0.29) is 5.91 Å². The fraction of sp³-hybridized carbons (Fsp3) is 0.250. The van der Waals surface area contributed by atoms with Crippen LogP contribution < -0.4 is 14.8 Å². The highest BCUT2D eigenvalue weighted by molar-refractivity contribution is 6.04. The molecule has 1 aromatic heterocycles. The van der Waals surface area contributed by atoms with Crippen LogP contribution in [-0.2, 0) is 0 Å². The topological polar surface area (TPSA) is 78.3 Å². The molecule has 0 bridgehead atoms. The van der Waals surface area contributed by atoms with E-state index in [1.807, 2.05) is 30.3 Å². The van der Waals surface area contributed by atoms with Gasteiger partial charge in [0.05, 0.1) is 5.69 Å². The van der Waals surface area contributed by atoms with Crippen molar-refractivity contribution in [1.29, 1.82) is 0 Å². The molecule has 3 aromatic rings. The first kappa shape index (κ1) is 15.9. The lowest BCUT2D eigenvalue weighted by molar-refractivity contribution is -0.0716. The summed E-state index contributed by atoms with van der Waals surface area (Å²) in [6, 6.07) is 12.7. The van der Waals surface area contributed by atoms with Gasteiger partial charge in [-0.1, -0.05) is 0 Å². The van der Waals surface area contributed by atoms with Crippen LogP contribution in [0.2, 0.25) is 0 Å². The lowest BCUT2D eigenvalue weighted by atomic mass is 10.2. The first-order chi connectivity index (χ1) is 13.2. The van der Waals surface area contributed by atoms with Gasteiger partial charge >= 0.3 is 0 Å². The summed E-state index contributed by atoms with van der Waals surface area (Å²) in [6.45, 7) is 0. The van der Waals surface area contributed by atoms with Gasteiger partial charge in [-0.15, -0.1) is 0 Å². The zero-order chi connectivity index (χ0) is 18.3. The Labute approximate surface area is 155 Å². The average molecular weight is 362 g/mol. The number of nitrogens with zero attached hydrogens (tertiary/aromatic N) is 3. The number of ether oxygens (including phenoxy) is 2. The maximum absolute atomic E-state index is 12.5. The van der Waals surface area contributed by atoms with Crippen LogP contribution >= 0.6 is 0 Å². The predicted molar refractivity (Wildman–Crippen MR) is 98.2 cm³/mol. The summed E-state index contributed by atoms with van der Waals surface area (Å²) in [7, 11) is 0. The Kier molecular flexibility index (Phi) is 3.60. The van der Waals surface area contributed by atoms with Crippen molar-refractivity contribution in [2.45, 2.75) is 31.5 Å². The van der Waals surface area contributed by atoms with E-state index in [1.54, 1.807) is 23.1 Å². The van der Waals surface area contributed by atoms with E-state index in [2.05, 4.69) is 15.4 Å². The van der Waals surface area contributed by atoms with Gasteiger partial charge in [0, 0.05) is 30.2 Å². The quantitative estimate of drug-likeness (QED) is 0.771. The second-order valence-electron chi connectivity index (χ2n) is 6.82. The summed E-state index contributed by atoms with van der Waals surface area (Å²) in [6.07, 6.45) is 7.11. The van der Waals surface area contributed by atoms with Crippen LogP contribution in [0, 0.1) is 0 Å². The molecule has 1 saturated carbocycles. The SMILES string of the molecule is O=C(Nc1ccc2c(c1)OC1(CCCC1)O2)c1ccc(-n2cncn2)cc1. The molecule has 1 fully saturated rings. The molecular weight excluding hydrogens is 344 g/mol. The Hall–Kier alpha value is -3.35. The number of carbonyl (C=O) groups is 1. The third kappa shape index (κ3) is 2.91. The molecule has 136 valence electrons. The van der Waals surface area contributed by atoms with E-state index < -0.39 is 5.79 Å². The van der Waals surface area contributed by atoms with E-state index in [1.165, 1.54) is 6.33 Å². The van der Waals surface area contributed by atoms with Crippen molar-refractivity contribution < 1.29 is 14.3 Å². The van der Waals surface area contributed by atoms with Crippen molar-refractivity contribution in [3.05, 3.63) is 60.7 Å². The Balaban J connectivity index is 1.30. The number of rotatable bonds is 3. The number of hydrogen-bond donors (Lipinski definition) is 1. The van der Waals surface area contributed by atoms with Crippen molar-refractivity contribution >= 4 is 11.6 Å². The van der Waals surface area contributed by atoms with Crippen LogP contribution in [0.4, 0.5) is 5.69 Å². The van der Waals surface area contributed by atoms with E-state index in [9.17, 15) is 4.79 Å². The number of fused-ring (bicyclic) bond motifs is 1. The molecule has 1 spiro atoms. The summed E-state index contributed by atoms with van der Waals surface area (Å²) < 4.78 is 13.7. The summed E-state index contributed by atoms with van der Waals surface area (Å²) in [5.74, 6) is 0.750. The van der Waals surface area contributed by atoms with Crippen LogP contribution in [0.15, 0.2) is 55.1 Å². The molecule has 7 heteroatoms. The minimum Gasteiger partial charge on any atom is -0.448 e. The summed E-state index contributed by atoms with van der Waals surface area (Å²) in [5.41, 5.74) is 2.08. The van der Waals surface area contributed by atoms with Crippen molar-refractivity contribution in [2.24, 2.45) is 0 Å². The van der Waals surface area contributed by atoms with Gasteiger partial charge in [0.25, 0.3) is 11.7 Å². The molecule has 1 amide bonds. The first-order valence-corrected chi connectivity index (χ1v) is 8.99. The highest BCUT2D eigenvalue weighted by Gasteiger charge is 2.44. The van der Waals surface area contributed by atoms with Crippen molar-refractivity contribution in [3.63, 3.8) is 0 Å². The Bertz CT molecular complexity index is 977. The third-order valence-electron chi connectivity index (χ3n) is 4.97. The van der Waals surface area contributed by atoms with Gasteiger partial charge in [0.1, 0.15) is 12.7 Å². The van der Waals surface area contributed by atoms with Crippen LogP contribution in [0.25, 0.3) is 5.69 Å². The number of anilines is 1. The van der Waals surface area contributed by atoms with E-state index in [4.69, 9.17) is 9.47 Å². The highest BCUT2D eigenvalue weighted by atomic mass is 16.7. The molecule has 7 nitrogen and oxygen atoms in total. The van der Waals surface area contributed by atoms with Gasteiger partial charge in [-0.2, -0.15) is 5.10 Å². The molecule has 5 rings (SSSR count). The predicted octanol–water partition coefficient (Wildman–Crippen LogP) is 3.56. The monoisotopic (exact) mass is 362 g/mol. The summed E-state index contributed by atoms with van der Waals surface area (Å²) >= 11 is 0. The molecule has 27 heavy (non-hydrogen) atoms. The largest absolute Gasteiger partial charge is 0.448 e. The van der Waals surface area contributed by atoms with Gasteiger partial charge in [-0.05, 0) is 49.2 Å². The number of aromatic nitrogens is 3. The van der Waals surface area contributed by atoms with Crippen molar-refractivity contribution in [1.82, 2.24) is 14.8 Å². The van der Waals surface area contributed by atoms with Gasteiger partial charge in [-0.3, -0.25) is 4.79 Å². The molecule has 2 aliphatic rings. The lowest BCUT2D eigenvalue weighted by Gasteiger charge is -2.21. The Morgan fingerprint density at radius 1 is 1.04 bits per heavy atom. The molecule has 1 N–H and O–H groups in total. The standard InChI is InChI=1S/C20H18N4O3/c25-19(14-3-6-16(7-4-14)24-13-21-12-22-24)23-15-5-8-17-18(11-15)27-20(26-17)9-1-2-10-20/h3-8,11-13H,1-2,9-10H2,(H,23,25). The van der Waals surface area contributed by atoms with Gasteiger partial charge < -0.3 is 14.8 Å². The van der Waals surface area contributed by atoms with E-state index >= 15 is 0 Å². The average Bonchev–Trinajstić information content (AvgIpc) is 3.43. The molecular formula is C20H18N4O3. The van der Waals surface area contributed by atoms with Crippen LogP contribution in [0.1, 0.15) is 36.0 Å². The zero-order valence-corrected chi connectivity index (χ0v) is 14.6. The number of hydrogen-bond acceptors (Lipinski definition) is 5. The molecule has 0 unspecified atom stereocenters. The fourth-order valence-corrected chi connectivity index (χ4v) is 3.60. The lowest BCUT2D eigenvalue weighted by Crippen LogP contribution is -2.34. The van der Waals surface area contributed by atoms with Crippen molar-refractivity contribution in [3.8, 4) is 17.2 Å². The highest BCUT2D eigenvalue weighted by Crippen LogP contribution is 2.47. The van der Waals surface area contributed by atoms with Gasteiger partial charge in [0.2, 0.25) is 0 Å². The molecule has 0 radical (unpaired) electrons. The second kappa shape index (κ2) is 6.12. The maximum atomic E-state index is 12.5. The minimum atomic E-state index is -0.498. The smallest absolute Gasteiger partial charge is 0.255 e. The number of amides is 1. The molecule has 0 atom stereocenters. The number of nitrogens with one attached hydrogen (secondary N) is 1. The summed E-state index contributed by atoms with van der Waals surface area (Å²) in [4.78, 5) is 16.5. The molecule has 1 aliphatic heterocycles. The Morgan fingerprint density at radius 2 is 1.81 bits per heavy atom. The maximum Gasteiger partial charge on any atom is 0.255 e. The van der Waals surface area contributed by atoms with E-state index in [0.717, 1.165) is 37.1 Å². The molecule has 0 saturated heterocycles. The molecule has 2 heterocycles. The number of carbonyl (C=O) groups excluding carboxylic acids is 1. The molecule has 2 aromatic carbocycles. The summed E-state index contributed by atoms with van der Waals surface area (Å²) in [5, 5.41) is 6.98.